The molecule has 0 aliphatic carbocycles. The topological polar surface area (TPSA) is 60.6 Å². The molecule has 14 heavy (non-hydrogen) atoms. The highest BCUT2D eigenvalue weighted by atomic mass is 15.3. The van der Waals surface area contributed by atoms with Crippen molar-refractivity contribution in [1.82, 2.24) is 24.3 Å². The fourth-order valence-corrected chi connectivity index (χ4v) is 1.34. The van der Waals surface area contributed by atoms with Crippen LogP contribution in [-0.4, -0.2) is 31.4 Å². The van der Waals surface area contributed by atoms with Gasteiger partial charge in [-0.15, -0.1) is 10.2 Å². The third-order valence-corrected chi connectivity index (χ3v) is 2.14. The molecule has 1 N–H and O–H groups in total. The van der Waals surface area contributed by atoms with Gasteiger partial charge in [-0.3, -0.25) is 4.57 Å². The van der Waals surface area contributed by atoms with Crippen LogP contribution in [0.2, 0.25) is 0 Å². The van der Waals surface area contributed by atoms with Crippen LogP contribution in [-0.2, 0) is 14.1 Å². The monoisotopic (exact) mass is 192 g/mol. The summed E-state index contributed by atoms with van der Waals surface area (Å²) in [4.78, 5) is 4.04. The van der Waals surface area contributed by atoms with Gasteiger partial charge in [-0.25, -0.2) is 4.98 Å². The summed E-state index contributed by atoms with van der Waals surface area (Å²) < 4.78 is 3.79. The first-order valence-corrected chi connectivity index (χ1v) is 4.28. The Hall–Kier alpha value is -1.85. The Labute approximate surface area is 81.6 Å². The van der Waals surface area contributed by atoms with Gasteiger partial charge in [-0.1, -0.05) is 0 Å². The van der Waals surface area contributed by atoms with Gasteiger partial charge in [0.15, 0.2) is 5.82 Å². The van der Waals surface area contributed by atoms with E-state index in [9.17, 15) is 0 Å². The maximum atomic E-state index is 4.08. The number of aryl methyl sites for hydroxylation is 1. The van der Waals surface area contributed by atoms with Gasteiger partial charge in [0.05, 0.1) is 12.5 Å². The number of imidazole rings is 1. The molecule has 0 atom stereocenters. The standard InChI is InChI=1S/C8H12N6/c1-9-8-12-11-7(14(8)3)6-4-10-5-13(6)2/h4-5H,1-3H3,(H,9,12). The van der Waals surface area contributed by atoms with Crippen molar-refractivity contribution in [2.45, 2.75) is 0 Å². The Morgan fingerprint density at radius 2 is 2.07 bits per heavy atom. The molecule has 2 rings (SSSR count). The Kier molecular flexibility index (Phi) is 1.95. The molecule has 6 heteroatoms. The number of aromatic nitrogens is 5. The van der Waals surface area contributed by atoms with E-state index in [0.717, 1.165) is 17.5 Å². The van der Waals surface area contributed by atoms with Crippen molar-refractivity contribution in [3.63, 3.8) is 0 Å². The van der Waals surface area contributed by atoms with Gasteiger partial charge in [-0.05, 0) is 0 Å². The summed E-state index contributed by atoms with van der Waals surface area (Å²) >= 11 is 0. The van der Waals surface area contributed by atoms with E-state index in [2.05, 4.69) is 20.5 Å². The first-order chi connectivity index (χ1) is 6.74. The molecular formula is C8H12N6. The summed E-state index contributed by atoms with van der Waals surface area (Å²) in [5.74, 6) is 1.54. The van der Waals surface area contributed by atoms with Crippen molar-refractivity contribution in [3.8, 4) is 11.5 Å². The van der Waals surface area contributed by atoms with Crippen LogP contribution in [0, 0.1) is 0 Å². The highest BCUT2D eigenvalue weighted by molar-refractivity contribution is 5.51. The Balaban J connectivity index is 2.52. The number of hydrogen-bond donors (Lipinski definition) is 1. The normalized spacial score (nSPS) is 10.5. The van der Waals surface area contributed by atoms with Crippen LogP contribution in [0.1, 0.15) is 0 Å². The summed E-state index contributed by atoms with van der Waals surface area (Å²) in [6.07, 6.45) is 3.51. The van der Waals surface area contributed by atoms with Gasteiger partial charge in [0, 0.05) is 21.1 Å². The van der Waals surface area contributed by atoms with Crippen molar-refractivity contribution in [3.05, 3.63) is 12.5 Å². The number of nitrogens with zero attached hydrogens (tertiary/aromatic N) is 5. The van der Waals surface area contributed by atoms with Crippen molar-refractivity contribution in [2.24, 2.45) is 14.1 Å². The summed E-state index contributed by atoms with van der Waals surface area (Å²) in [5.41, 5.74) is 0.946. The Bertz CT molecular complexity index is 440. The summed E-state index contributed by atoms with van der Waals surface area (Å²) in [5, 5.41) is 11.0. The highest BCUT2D eigenvalue weighted by Crippen LogP contribution is 2.17. The predicted octanol–water partition coefficient (Wildman–Crippen LogP) is 0.257. The van der Waals surface area contributed by atoms with E-state index in [0.29, 0.717) is 0 Å². The second-order valence-corrected chi connectivity index (χ2v) is 3.05. The Morgan fingerprint density at radius 3 is 2.57 bits per heavy atom. The molecular weight excluding hydrogens is 180 g/mol. The van der Waals surface area contributed by atoms with E-state index in [1.54, 1.807) is 12.5 Å². The molecule has 0 saturated heterocycles. The van der Waals surface area contributed by atoms with Gasteiger partial charge in [0.25, 0.3) is 0 Å². The van der Waals surface area contributed by atoms with Crippen LogP contribution in [0.3, 0.4) is 0 Å². The molecule has 0 fully saturated rings. The summed E-state index contributed by atoms with van der Waals surface area (Å²) in [6, 6.07) is 0. The zero-order chi connectivity index (χ0) is 10.1. The first kappa shape index (κ1) is 8.74. The molecule has 0 spiro atoms. The van der Waals surface area contributed by atoms with E-state index in [1.165, 1.54) is 0 Å². The predicted molar refractivity (Wildman–Crippen MR) is 52.8 cm³/mol. The third kappa shape index (κ3) is 1.15. The van der Waals surface area contributed by atoms with Crippen molar-refractivity contribution in [1.29, 1.82) is 0 Å². The molecule has 2 aromatic rings. The molecule has 74 valence electrons. The molecule has 2 aromatic heterocycles. The number of hydrogen-bond acceptors (Lipinski definition) is 4. The van der Waals surface area contributed by atoms with Crippen LogP contribution in [0.15, 0.2) is 12.5 Å². The average Bonchev–Trinajstić information content (AvgIpc) is 2.72. The minimum absolute atomic E-state index is 0.737. The fourth-order valence-electron chi connectivity index (χ4n) is 1.34. The maximum Gasteiger partial charge on any atom is 0.224 e. The van der Waals surface area contributed by atoms with Crippen LogP contribution < -0.4 is 5.32 Å². The second-order valence-electron chi connectivity index (χ2n) is 3.05. The molecule has 0 saturated carbocycles. The minimum Gasteiger partial charge on any atom is -0.357 e. The quantitative estimate of drug-likeness (QED) is 0.741. The van der Waals surface area contributed by atoms with Crippen LogP contribution in [0.25, 0.3) is 11.5 Å². The van der Waals surface area contributed by atoms with E-state index in [1.807, 2.05) is 30.3 Å². The second kappa shape index (κ2) is 3.13. The lowest BCUT2D eigenvalue weighted by Crippen LogP contribution is -2.01. The Morgan fingerprint density at radius 1 is 1.29 bits per heavy atom. The maximum absolute atomic E-state index is 4.08. The summed E-state index contributed by atoms with van der Waals surface area (Å²) in [6.45, 7) is 0. The molecule has 0 amide bonds. The van der Waals surface area contributed by atoms with Gasteiger partial charge in [0.2, 0.25) is 5.95 Å². The van der Waals surface area contributed by atoms with Gasteiger partial charge in [0.1, 0.15) is 5.69 Å². The zero-order valence-corrected chi connectivity index (χ0v) is 8.39. The van der Waals surface area contributed by atoms with E-state index >= 15 is 0 Å². The van der Waals surface area contributed by atoms with Crippen LogP contribution in [0.5, 0.6) is 0 Å². The average molecular weight is 192 g/mol. The first-order valence-electron chi connectivity index (χ1n) is 4.28. The lowest BCUT2D eigenvalue weighted by molar-refractivity contribution is 0.871. The molecule has 2 heterocycles. The van der Waals surface area contributed by atoms with Crippen molar-refractivity contribution >= 4 is 5.95 Å². The van der Waals surface area contributed by atoms with E-state index in [4.69, 9.17) is 0 Å². The molecule has 0 bridgehead atoms. The molecule has 6 nitrogen and oxygen atoms in total. The third-order valence-electron chi connectivity index (χ3n) is 2.14. The van der Waals surface area contributed by atoms with Crippen LogP contribution in [0.4, 0.5) is 5.95 Å². The van der Waals surface area contributed by atoms with Crippen molar-refractivity contribution < 1.29 is 0 Å². The van der Waals surface area contributed by atoms with E-state index < -0.39 is 0 Å². The lowest BCUT2D eigenvalue weighted by Gasteiger charge is -2.02. The molecule has 0 aliphatic heterocycles. The smallest absolute Gasteiger partial charge is 0.224 e. The number of anilines is 1. The minimum atomic E-state index is 0.737. The molecule has 0 aromatic carbocycles. The number of rotatable bonds is 2. The van der Waals surface area contributed by atoms with Gasteiger partial charge >= 0.3 is 0 Å². The van der Waals surface area contributed by atoms with Gasteiger partial charge in [-0.2, -0.15) is 0 Å². The van der Waals surface area contributed by atoms with Crippen LogP contribution >= 0.6 is 0 Å². The molecule has 0 unspecified atom stereocenters. The SMILES string of the molecule is CNc1nnc(-c2cncn2C)n1C. The fraction of sp³-hybridized carbons (Fsp3) is 0.375. The summed E-state index contributed by atoms with van der Waals surface area (Å²) in [7, 11) is 5.65. The largest absolute Gasteiger partial charge is 0.357 e. The number of nitrogens with one attached hydrogen (secondary N) is 1. The van der Waals surface area contributed by atoms with E-state index in [-0.39, 0.29) is 0 Å². The highest BCUT2D eigenvalue weighted by Gasteiger charge is 2.11. The molecule has 0 radical (unpaired) electrons. The van der Waals surface area contributed by atoms with Gasteiger partial charge < -0.3 is 9.88 Å². The zero-order valence-electron chi connectivity index (χ0n) is 8.39. The lowest BCUT2D eigenvalue weighted by atomic mass is 10.4. The van der Waals surface area contributed by atoms with Crippen molar-refractivity contribution in [2.75, 3.05) is 12.4 Å². The molecule has 0 aliphatic rings.